The monoisotopic (exact) mass is 285 g/mol. The fraction of sp³-hybridized carbons (Fsp3) is 0.222. The molecule has 3 rings (SSSR count). The van der Waals surface area contributed by atoms with E-state index in [0.29, 0.717) is 0 Å². The molecule has 0 saturated carbocycles. The van der Waals surface area contributed by atoms with Crippen LogP contribution >= 0.6 is 0 Å². The summed E-state index contributed by atoms with van der Waals surface area (Å²) in [5.41, 5.74) is 4.32. The molecule has 1 fully saturated rings. The van der Waals surface area contributed by atoms with Crippen LogP contribution in [0.15, 0.2) is 54.1 Å². The molecule has 1 aliphatic rings. The molecule has 0 atom stereocenters. The molecule has 0 spiro atoms. The fourth-order valence-electron chi connectivity index (χ4n) is 2.78. The second-order valence-corrected chi connectivity index (χ2v) is 5.27. The molecule has 0 bridgehead atoms. The number of halogens is 2. The largest absolute Gasteiger partial charge is 0.313 e. The molecular formula is C18H17F2N. The van der Waals surface area contributed by atoms with Gasteiger partial charge in [-0.1, -0.05) is 24.3 Å². The van der Waals surface area contributed by atoms with Crippen LogP contribution in [0, 0.1) is 11.6 Å². The van der Waals surface area contributed by atoms with E-state index in [0.717, 1.165) is 42.6 Å². The van der Waals surface area contributed by atoms with E-state index in [1.165, 1.54) is 29.8 Å². The highest BCUT2D eigenvalue weighted by Gasteiger charge is 2.14. The van der Waals surface area contributed by atoms with Crippen LogP contribution in [0.1, 0.15) is 24.0 Å². The third kappa shape index (κ3) is 3.19. The molecule has 2 aromatic carbocycles. The fourth-order valence-corrected chi connectivity index (χ4v) is 2.78. The Morgan fingerprint density at radius 1 is 0.810 bits per heavy atom. The normalized spacial score (nSPS) is 15.0. The molecule has 21 heavy (non-hydrogen) atoms. The first-order chi connectivity index (χ1) is 10.2. The van der Waals surface area contributed by atoms with Crippen LogP contribution in [0.4, 0.5) is 8.78 Å². The summed E-state index contributed by atoms with van der Waals surface area (Å²) in [7, 11) is 0. The Bertz CT molecular complexity index is 586. The molecule has 0 amide bonds. The molecule has 1 saturated heterocycles. The van der Waals surface area contributed by atoms with Gasteiger partial charge in [0.05, 0.1) is 0 Å². The smallest absolute Gasteiger partial charge is 0.123 e. The number of hydrogen-bond acceptors (Lipinski definition) is 1. The van der Waals surface area contributed by atoms with Crippen LogP contribution in [-0.4, -0.2) is 13.1 Å². The summed E-state index contributed by atoms with van der Waals surface area (Å²) in [5.74, 6) is -0.493. The van der Waals surface area contributed by atoms with Gasteiger partial charge in [-0.05, 0) is 65.9 Å². The predicted octanol–water partition coefficient (Wildman–Crippen LogP) is 4.15. The summed E-state index contributed by atoms with van der Waals surface area (Å²) in [5, 5.41) is 3.37. The van der Waals surface area contributed by atoms with Crippen molar-refractivity contribution in [3.8, 4) is 0 Å². The molecule has 1 N–H and O–H groups in total. The third-order valence-electron chi connectivity index (χ3n) is 3.79. The van der Waals surface area contributed by atoms with E-state index in [4.69, 9.17) is 0 Å². The number of benzene rings is 2. The number of nitrogens with one attached hydrogen (secondary N) is 1. The molecule has 1 heterocycles. The molecule has 0 aromatic heterocycles. The molecule has 0 unspecified atom stereocenters. The van der Waals surface area contributed by atoms with Gasteiger partial charge in [-0.15, -0.1) is 0 Å². The Kier molecular flexibility index (Phi) is 4.11. The molecule has 3 heteroatoms. The first-order valence-corrected chi connectivity index (χ1v) is 7.18. The van der Waals surface area contributed by atoms with Crippen LogP contribution < -0.4 is 5.32 Å². The lowest BCUT2D eigenvalue weighted by Gasteiger charge is -2.21. The first kappa shape index (κ1) is 14.0. The van der Waals surface area contributed by atoms with Crippen molar-refractivity contribution in [2.24, 2.45) is 0 Å². The number of hydrogen-bond donors (Lipinski definition) is 1. The lowest BCUT2D eigenvalue weighted by atomic mass is 9.89. The second-order valence-electron chi connectivity index (χ2n) is 5.27. The quantitative estimate of drug-likeness (QED) is 0.874. The molecule has 108 valence electrons. The van der Waals surface area contributed by atoms with Gasteiger partial charge in [0.2, 0.25) is 0 Å². The van der Waals surface area contributed by atoms with E-state index in [1.807, 2.05) is 0 Å². The van der Waals surface area contributed by atoms with E-state index in [-0.39, 0.29) is 11.6 Å². The van der Waals surface area contributed by atoms with Crippen molar-refractivity contribution < 1.29 is 8.78 Å². The maximum absolute atomic E-state index is 13.2. The average molecular weight is 285 g/mol. The number of rotatable bonds is 2. The Balaban J connectivity index is 2.10. The molecule has 2 aromatic rings. The average Bonchev–Trinajstić information content (AvgIpc) is 2.52. The van der Waals surface area contributed by atoms with Crippen molar-refractivity contribution in [1.82, 2.24) is 5.32 Å². The van der Waals surface area contributed by atoms with Crippen molar-refractivity contribution in [1.29, 1.82) is 0 Å². The minimum Gasteiger partial charge on any atom is -0.313 e. The molecule has 0 aliphatic carbocycles. The van der Waals surface area contributed by atoms with E-state index in [1.54, 1.807) is 24.3 Å². The van der Waals surface area contributed by atoms with Gasteiger partial charge < -0.3 is 5.32 Å². The lowest BCUT2D eigenvalue weighted by molar-refractivity contribution is 0.611. The van der Waals surface area contributed by atoms with Crippen LogP contribution in [-0.2, 0) is 0 Å². The van der Waals surface area contributed by atoms with Gasteiger partial charge in [0.1, 0.15) is 11.6 Å². The van der Waals surface area contributed by atoms with Crippen LogP contribution in [0.3, 0.4) is 0 Å². The zero-order valence-electron chi connectivity index (χ0n) is 11.7. The van der Waals surface area contributed by atoms with Gasteiger partial charge in [0.15, 0.2) is 0 Å². The first-order valence-electron chi connectivity index (χ1n) is 7.18. The zero-order valence-corrected chi connectivity index (χ0v) is 11.7. The summed E-state index contributed by atoms with van der Waals surface area (Å²) in [6, 6.07) is 13.0. The topological polar surface area (TPSA) is 12.0 Å². The van der Waals surface area contributed by atoms with Crippen molar-refractivity contribution in [2.75, 3.05) is 13.1 Å². The van der Waals surface area contributed by atoms with Gasteiger partial charge in [-0.3, -0.25) is 0 Å². The van der Waals surface area contributed by atoms with Gasteiger partial charge in [0.25, 0.3) is 0 Å². The molecule has 1 aliphatic heterocycles. The summed E-state index contributed by atoms with van der Waals surface area (Å²) in [6.45, 7) is 1.84. The van der Waals surface area contributed by atoms with Crippen molar-refractivity contribution in [2.45, 2.75) is 12.8 Å². The van der Waals surface area contributed by atoms with Crippen LogP contribution in [0.5, 0.6) is 0 Å². The highest BCUT2D eigenvalue weighted by atomic mass is 19.1. The minimum atomic E-state index is -0.246. The Morgan fingerprint density at radius 3 is 1.76 bits per heavy atom. The standard InChI is InChI=1S/C18H17F2N/c19-16-7-3-13(4-8-16)18(15-2-1-11-21-12-15)14-5-9-17(20)10-6-14/h3-10,21H,1-2,11-12H2. The number of piperidine rings is 1. The van der Waals surface area contributed by atoms with E-state index >= 15 is 0 Å². The SMILES string of the molecule is Fc1ccc(C(=C2CCCNC2)c2ccc(F)cc2)cc1. The summed E-state index contributed by atoms with van der Waals surface area (Å²) >= 11 is 0. The van der Waals surface area contributed by atoms with Gasteiger partial charge in [-0.2, -0.15) is 0 Å². The summed E-state index contributed by atoms with van der Waals surface area (Å²) < 4.78 is 26.3. The van der Waals surface area contributed by atoms with Crippen LogP contribution in [0.2, 0.25) is 0 Å². The third-order valence-corrected chi connectivity index (χ3v) is 3.79. The molecule has 0 radical (unpaired) electrons. The van der Waals surface area contributed by atoms with Crippen molar-refractivity contribution in [3.05, 3.63) is 76.9 Å². The lowest BCUT2D eigenvalue weighted by Crippen LogP contribution is -2.24. The predicted molar refractivity (Wildman–Crippen MR) is 80.9 cm³/mol. The van der Waals surface area contributed by atoms with Crippen molar-refractivity contribution >= 4 is 5.57 Å². The maximum Gasteiger partial charge on any atom is 0.123 e. The summed E-state index contributed by atoms with van der Waals surface area (Å²) in [4.78, 5) is 0. The van der Waals surface area contributed by atoms with E-state index < -0.39 is 0 Å². The van der Waals surface area contributed by atoms with E-state index in [2.05, 4.69) is 5.32 Å². The maximum atomic E-state index is 13.2. The second kappa shape index (κ2) is 6.19. The molecular weight excluding hydrogens is 268 g/mol. The minimum absolute atomic E-state index is 0.246. The Morgan fingerprint density at radius 2 is 1.33 bits per heavy atom. The summed E-state index contributed by atoms with van der Waals surface area (Å²) in [6.07, 6.45) is 2.10. The van der Waals surface area contributed by atoms with E-state index in [9.17, 15) is 8.78 Å². The highest BCUT2D eigenvalue weighted by Crippen LogP contribution is 2.30. The van der Waals surface area contributed by atoms with Gasteiger partial charge >= 0.3 is 0 Å². The Labute approximate surface area is 123 Å². The van der Waals surface area contributed by atoms with Gasteiger partial charge in [0, 0.05) is 6.54 Å². The van der Waals surface area contributed by atoms with Crippen molar-refractivity contribution in [3.63, 3.8) is 0 Å². The highest BCUT2D eigenvalue weighted by molar-refractivity contribution is 5.82. The Hall–Kier alpha value is -2.00. The zero-order chi connectivity index (χ0) is 14.7. The van der Waals surface area contributed by atoms with Crippen LogP contribution in [0.25, 0.3) is 5.57 Å². The molecule has 1 nitrogen and oxygen atoms in total. The van der Waals surface area contributed by atoms with Gasteiger partial charge in [-0.25, -0.2) is 8.78 Å².